The summed E-state index contributed by atoms with van der Waals surface area (Å²) >= 11 is 0. The van der Waals surface area contributed by atoms with Crippen LogP contribution < -0.4 is 5.56 Å². The van der Waals surface area contributed by atoms with E-state index in [4.69, 9.17) is 9.15 Å². The highest BCUT2D eigenvalue weighted by atomic mass is 32.2. The number of fused-ring (bicyclic) bond motifs is 1. The summed E-state index contributed by atoms with van der Waals surface area (Å²) < 4.78 is 38.1. The van der Waals surface area contributed by atoms with Gasteiger partial charge in [-0.1, -0.05) is 12.1 Å². The number of ether oxygens (including phenoxy) is 1. The number of para-hydroxylation sites is 2. The van der Waals surface area contributed by atoms with Crippen molar-refractivity contribution in [1.29, 1.82) is 0 Å². The molecule has 0 aliphatic carbocycles. The summed E-state index contributed by atoms with van der Waals surface area (Å²) in [7, 11) is -3.54. The highest BCUT2D eigenvalue weighted by Crippen LogP contribution is 2.26. The number of nitrogens with one attached hydrogen (secondary N) is 1. The molecule has 33 heavy (non-hydrogen) atoms. The predicted molar refractivity (Wildman–Crippen MR) is 125 cm³/mol. The number of sulfonamides is 1. The fraction of sp³-hybridized carbons (Fsp3) is 0.167. The maximum absolute atomic E-state index is 12.8. The number of H-pyrrole nitrogens is 1. The monoisotopic (exact) mass is 463 g/mol. The number of rotatable bonds is 5. The summed E-state index contributed by atoms with van der Waals surface area (Å²) in [4.78, 5) is 19.7. The summed E-state index contributed by atoms with van der Waals surface area (Å²) in [6, 6.07) is 17.5. The van der Waals surface area contributed by atoms with E-state index in [-0.39, 0.29) is 16.1 Å². The molecule has 1 N–H and O–H groups in total. The summed E-state index contributed by atoms with van der Waals surface area (Å²) in [6.45, 7) is 1.51. The molecule has 1 aliphatic rings. The van der Waals surface area contributed by atoms with Gasteiger partial charge in [0.1, 0.15) is 17.2 Å². The molecule has 0 bridgehead atoms. The van der Waals surface area contributed by atoms with Crippen LogP contribution in [0.15, 0.2) is 74.8 Å². The molecule has 0 saturated carbocycles. The minimum absolute atomic E-state index is 0.237. The first-order chi connectivity index (χ1) is 16.0. The lowest BCUT2D eigenvalue weighted by molar-refractivity contribution is 0.0730. The molecule has 5 rings (SSSR count). The standard InChI is InChI=1S/C24H21N3O5S/c28-24-22(25-20-3-1-2-4-21(20)26-24)11-7-18-8-12-23(32-18)17-5-9-19(10-6-17)33(29,30)27-13-15-31-16-14-27/h1-12H,13-16H2,(H,26,28). The van der Waals surface area contributed by atoms with Crippen molar-refractivity contribution in [1.82, 2.24) is 14.3 Å². The second-order valence-electron chi connectivity index (χ2n) is 7.54. The lowest BCUT2D eigenvalue weighted by Crippen LogP contribution is -2.40. The van der Waals surface area contributed by atoms with Gasteiger partial charge in [0.05, 0.1) is 29.1 Å². The molecule has 0 spiro atoms. The molecular formula is C24H21N3O5S. The fourth-order valence-corrected chi connectivity index (χ4v) is 5.05. The van der Waals surface area contributed by atoms with Crippen molar-refractivity contribution >= 4 is 33.2 Å². The first-order valence-corrected chi connectivity index (χ1v) is 11.9. The maximum Gasteiger partial charge on any atom is 0.274 e. The van der Waals surface area contributed by atoms with Gasteiger partial charge in [-0.25, -0.2) is 13.4 Å². The number of hydrogen-bond acceptors (Lipinski definition) is 6. The number of benzene rings is 2. The molecule has 2 aromatic carbocycles. The van der Waals surface area contributed by atoms with Crippen LogP contribution in [0.3, 0.4) is 0 Å². The van der Waals surface area contributed by atoms with Gasteiger partial charge in [-0.2, -0.15) is 4.31 Å². The van der Waals surface area contributed by atoms with E-state index in [1.54, 1.807) is 54.6 Å². The molecule has 0 atom stereocenters. The second-order valence-corrected chi connectivity index (χ2v) is 9.48. The summed E-state index contributed by atoms with van der Waals surface area (Å²) in [5.74, 6) is 1.13. The van der Waals surface area contributed by atoms with Crippen LogP contribution in [-0.4, -0.2) is 49.0 Å². The van der Waals surface area contributed by atoms with Gasteiger partial charge in [0.2, 0.25) is 10.0 Å². The Hall–Kier alpha value is -3.53. The Kier molecular flexibility index (Phi) is 5.67. The van der Waals surface area contributed by atoms with E-state index >= 15 is 0 Å². The molecule has 9 heteroatoms. The van der Waals surface area contributed by atoms with Gasteiger partial charge >= 0.3 is 0 Å². The lowest BCUT2D eigenvalue weighted by Gasteiger charge is -2.26. The van der Waals surface area contributed by atoms with Crippen molar-refractivity contribution in [3.8, 4) is 11.3 Å². The van der Waals surface area contributed by atoms with Gasteiger partial charge in [0.15, 0.2) is 0 Å². The van der Waals surface area contributed by atoms with Crippen LogP contribution in [0.1, 0.15) is 11.5 Å². The van der Waals surface area contributed by atoms with Gasteiger partial charge in [-0.15, -0.1) is 0 Å². The third kappa shape index (κ3) is 4.38. The van der Waals surface area contributed by atoms with Crippen LogP contribution in [0, 0.1) is 0 Å². The molecule has 1 aliphatic heterocycles. The maximum atomic E-state index is 12.8. The Morgan fingerprint density at radius 3 is 2.48 bits per heavy atom. The van der Waals surface area contributed by atoms with Crippen molar-refractivity contribution in [3.63, 3.8) is 0 Å². The SMILES string of the molecule is O=c1[nH]c2ccccc2nc1C=Cc1ccc(-c2ccc(S(=O)(=O)N3CCOCC3)cc2)o1. The van der Waals surface area contributed by atoms with Crippen molar-refractivity contribution in [2.45, 2.75) is 4.90 Å². The van der Waals surface area contributed by atoms with E-state index in [1.165, 1.54) is 4.31 Å². The van der Waals surface area contributed by atoms with Crippen molar-refractivity contribution in [3.05, 3.63) is 82.5 Å². The van der Waals surface area contributed by atoms with E-state index in [9.17, 15) is 13.2 Å². The molecule has 0 radical (unpaired) electrons. The lowest BCUT2D eigenvalue weighted by atomic mass is 10.2. The Morgan fingerprint density at radius 1 is 0.939 bits per heavy atom. The molecule has 2 aromatic heterocycles. The van der Waals surface area contributed by atoms with Crippen LogP contribution in [0.4, 0.5) is 0 Å². The molecule has 0 unspecified atom stereocenters. The molecule has 4 aromatic rings. The molecule has 8 nitrogen and oxygen atoms in total. The Bertz CT molecular complexity index is 1480. The molecule has 1 fully saturated rings. The fourth-order valence-electron chi connectivity index (χ4n) is 3.64. The van der Waals surface area contributed by atoms with Gasteiger partial charge in [-0.3, -0.25) is 4.79 Å². The van der Waals surface area contributed by atoms with Gasteiger partial charge < -0.3 is 14.1 Å². The number of nitrogens with zero attached hydrogens (tertiary/aromatic N) is 2. The zero-order valence-electron chi connectivity index (χ0n) is 17.6. The van der Waals surface area contributed by atoms with Crippen molar-refractivity contribution in [2.75, 3.05) is 26.3 Å². The van der Waals surface area contributed by atoms with Gasteiger partial charge in [-0.05, 0) is 60.7 Å². The van der Waals surface area contributed by atoms with Crippen LogP contribution in [0.25, 0.3) is 34.5 Å². The Morgan fingerprint density at radius 2 is 1.70 bits per heavy atom. The number of morpholine rings is 1. The van der Waals surface area contributed by atoms with E-state index in [0.29, 0.717) is 48.9 Å². The van der Waals surface area contributed by atoms with Gasteiger partial charge in [0.25, 0.3) is 5.56 Å². The van der Waals surface area contributed by atoms with Crippen molar-refractivity contribution < 1.29 is 17.6 Å². The van der Waals surface area contributed by atoms with Crippen LogP contribution in [0.2, 0.25) is 0 Å². The summed E-state index contributed by atoms with van der Waals surface area (Å²) in [5, 5.41) is 0. The van der Waals surface area contributed by atoms with E-state index < -0.39 is 10.0 Å². The zero-order chi connectivity index (χ0) is 22.8. The quantitative estimate of drug-likeness (QED) is 0.487. The molecule has 0 amide bonds. The molecule has 3 heterocycles. The van der Waals surface area contributed by atoms with E-state index in [0.717, 1.165) is 5.56 Å². The van der Waals surface area contributed by atoms with E-state index in [1.807, 2.05) is 18.2 Å². The van der Waals surface area contributed by atoms with E-state index in [2.05, 4.69) is 9.97 Å². The Balaban J connectivity index is 1.34. The summed E-state index contributed by atoms with van der Waals surface area (Å²) in [6.07, 6.45) is 3.28. The normalized spacial score (nSPS) is 15.4. The molecule has 168 valence electrons. The highest BCUT2D eigenvalue weighted by molar-refractivity contribution is 7.89. The third-order valence-electron chi connectivity index (χ3n) is 5.40. The minimum atomic E-state index is -3.54. The molecular weight excluding hydrogens is 442 g/mol. The van der Waals surface area contributed by atoms with Crippen LogP contribution >= 0.6 is 0 Å². The second kappa shape index (κ2) is 8.78. The van der Waals surface area contributed by atoms with Crippen molar-refractivity contribution in [2.24, 2.45) is 0 Å². The number of aromatic nitrogens is 2. The summed E-state index contributed by atoms with van der Waals surface area (Å²) in [5.41, 5.74) is 2.12. The Labute approximate surface area is 190 Å². The third-order valence-corrected chi connectivity index (χ3v) is 7.32. The first kappa shape index (κ1) is 21.3. The average molecular weight is 464 g/mol. The minimum Gasteiger partial charge on any atom is -0.457 e. The topological polar surface area (TPSA) is 106 Å². The smallest absolute Gasteiger partial charge is 0.274 e. The number of furan rings is 1. The van der Waals surface area contributed by atoms with Crippen LogP contribution in [-0.2, 0) is 14.8 Å². The zero-order valence-corrected chi connectivity index (χ0v) is 18.4. The number of hydrogen-bond donors (Lipinski definition) is 1. The average Bonchev–Trinajstić information content (AvgIpc) is 3.32. The largest absolute Gasteiger partial charge is 0.457 e. The first-order valence-electron chi connectivity index (χ1n) is 10.5. The molecule has 1 saturated heterocycles. The highest BCUT2D eigenvalue weighted by Gasteiger charge is 2.26. The van der Waals surface area contributed by atoms with Gasteiger partial charge in [0, 0.05) is 18.7 Å². The predicted octanol–water partition coefficient (Wildman–Crippen LogP) is 3.37. The van der Waals surface area contributed by atoms with Crippen LogP contribution in [0.5, 0.6) is 0 Å². The number of aromatic amines is 1.